The first kappa shape index (κ1) is 16.8. The van der Waals surface area contributed by atoms with Gasteiger partial charge in [-0.05, 0) is 0 Å². The summed E-state index contributed by atoms with van der Waals surface area (Å²) in [7, 11) is 0. The predicted octanol–water partition coefficient (Wildman–Crippen LogP) is -1.16. The van der Waals surface area contributed by atoms with Crippen molar-refractivity contribution < 1.29 is 0 Å². The second kappa shape index (κ2) is 16.2. The van der Waals surface area contributed by atoms with E-state index in [1.54, 1.807) is 0 Å². The van der Waals surface area contributed by atoms with Crippen LogP contribution in [0.15, 0.2) is 0 Å². The molecule has 0 fully saturated rings. The van der Waals surface area contributed by atoms with Gasteiger partial charge in [0, 0.05) is 26.2 Å². The highest BCUT2D eigenvalue weighted by Crippen LogP contribution is 1.46. The molecule has 0 saturated carbocycles. The van der Waals surface area contributed by atoms with E-state index in [-0.39, 0.29) is 24.8 Å². The molecule has 6 heteroatoms. The first-order chi connectivity index (χ1) is 3.91. The van der Waals surface area contributed by atoms with Gasteiger partial charge in [0.05, 0.1) is 0 Å². The Morgan fingerprint density at radius 3 is 1.30 bits per heavy atom. The Morgan fingerprint density at radius 2 is 1.10 bits per heavy atom. The number of hydrogen-bond donors (Lipinski definition) is 4. The van der Waals surface area contributed by atoms with Crippen molar-refractivity contribution in [2.75, 3.05) is 26.2 Å². The summed E-state index contributed by atoms with van der Waals surface area (Å²) in [5.74, 6) is 0. The number of halogens is 2. The van der Waals surface area contributed by atoms with E-state index >= 15 is 0 Å². The maximum absolute atomic E-state index is 5.18. The maximum atomic E-state index is 5.18. The zero-order chi connectivity index (χ0) is 6.24. The Bertz CT molecular complexity index is 40.2. The van der Waals surface area contributed by atoms with Crippen molar-refractivity contribution in [3.63, 3.8) is 0 Å². The van der Waals surface area contributed by atoms with E-state index in [1.807, 2.05) is 0 Å². The van der Waals surface area contributed by atoms with Crippen LogP contribution in [-0.2, 0) is 0 Å². The smallest absolute Gasteiger partial charge is 0.0223 e. The minimum atomic E-state index is 0. The van der Waals surface area contributed by atoms with E-state index in [1.165, 1.54) is 0 Å². The van der Waals surface area contributed by atoms with Gasteiger partial charge in [-0.2, -0.15) is 0 Å². The van der Waals surface area contributed by atoms with Crippen molar-refractivity contribution in [2.24, 2.45) is 11.5 Å². The van der Waals surface area contributed by atoms with Crippen LogP contribution in [0.5, 0.6) is 0 Å². The highest BCUT2D eigenvalue weighted by atomic mass is 35.5. The summed E-state index contributed by atoms with van der Waals surface area (Å²) in [6, 6.07) is 0. The van der Waals surface area contributed by atoms with Crippen molar-refractivity contribution in [1.82, 2.24) is 10.9 Å². The molecule has 0 saturated heterocycles. The lowest BCUT2D eigenvalue weighted by atomic mass is 10.6. The van der Waals surface area contributed by atoms with Crippen LogP contribution in [0.4, 0.5) is 0 Å². The molecule has 0 aliphatic rings. The zero-order valence-corrected chi connectivity index (χ0v) is 7.43. The molecule has 0 unspecified atom stereocenters. The zero-order valence-electron chi connectivity index (χ0n) is 5.80. The lowest BCUT2D eigenvalue weighted by molar-refractivity contribution is 0.546. The van der Waals surface area contributed by atoms with E-state index in [2.05, 4.69) is 10.9 Å². The van der Waals surface area contributed by atoms with E-state index < -0.39 is 0 Å². The second-order valence-electron chi connectivity index (χ2n) is 1.43. The van der Waals surface area contributed by atoms with E-state index in [0.717, 1.165) is 13.1 Å². The molecular formula is C4H16Cl2N4. The number of hydrogen-bond acceptors (Lipinski definition) is 4. The molecule has 0 heterocycles. The fourth-order valence-corrected chi connectivity index (χ4v) is 0.321. The normalized spacial score (nSPS) is 7.80. The van der Waals surface area contributed by atoms with Crippen LogP contribution in [0, 0.1) is 0 Å². The van der Waals surface area contributed by atoms with E-state index in [4.69, 9.17) is 11.5 Å². The minimum absolute atomic E-state index is 0. The largest absolute Gasteiger partial charge is 0.329 e. The molecular weight excluding hydrogens is 175 g/mol. The fraction of sp³-hybridized carbons (Fsp3) is 1.00. The van der Waals surface area contributed by atoms with Crippen LogP contribution in [-0.4, -0.2) is 26.2 Å². The SMILES string of the molecule is Cl.Cl.NCCNNCCN. The number of rotatable bonds is 5. The van der Waals surface area contributed by atoms with E-state index in [0.29, 0.717) is 13.1 Å². The summed E-state index contributed by atoms with van der Waals surface area (Å²) in [6.45, 7) is 2.88. The molecule has 4 nitrogen and oxygen atoms in total. The van der Waals surface area contributed by atoms with Gasteiger partial charge >= 0.3 is 0 Å². The van der Waals surface area contributed by atoms with Gasteiger partial charge in [0.2, 0.25) is 0 Å². The van der Waals surface area contributed by atoms with Gasteiger partial charge in [-0.1, -0.05) is 0 Å². The molecule has 0 amide bonds. The second-order valence-corrected chi connectivity index (χ2v) is 1.43. The van der Waals surface area contributed by atoms with Crippen LogP contribution in [0.1, 0.15) is 0 Å². The van der Waals surface area contributed by atoms with Gasteiger partial charge < -0.3 is 11.5 Å². The molecule has 0 spiro atoms. The minimum Gasteiger partial charge on any atom is -0.329 e. The van der Waals surface area contributed by atoms with Crippen molar-refractivity contribution in [3.05, 3.63) is 0 Å². The predicted molar refractivity (Wildman–Crippen MR) is 48.6 cm³/mol. The molecule has 0 rings (SSSR count). The average molecular weight is 191 g/mol. The highest BCUT2D eigenvalue weighted by Gasteiger charge is 1.78. The standard InChI is InChI=1S/C4H14N4.2ClH/c5-1-3-7-8-4-2-6;;/h7-8H,1-6H2;2*1H. The van der Waals surface area contributed by atoms with Crippen LogP contribution in [0.2, 0.25) is 0 Å². The molecule has 0 aromatic carbocycles. The number of nitrogens with two attached hydrogens (primary N) is 2. The monoisotopic (exact) mass is 190 g/mol. The maximum Gasteiger partial charge on any atom is 0.0223 e. The lowest BCUT2D eigenvalue weighted by Crippen LogP contribution is -2.38. The van der Waals surface area contributed by atoms with Crippen molar-refractivity contribution >= 4 is 24.8 Å². The summed E-state index contributed by atoms with van der Waals surface area (Å²) < 4.78 is 0. The van der Waals surface area contributed by atoms with E-state index in [9.17, 15) is 0 Å². The van der Waals surface area contributed by atoms with Crippen molar-refractivity contribution in [1.29, 1.82) is 0 Å². The average Bonchev–Trinajstić information content (AvgIpc) is 1.81. The van der Waals surface area contributed by atoms with Crippen LogP contribution < -0.4 is 22.3 Å². The van der Waals surface area contributed by atoms with Crippen LogP contribution >= 0.6 is 24.8 Å². The molecule has 0 bridgehead atoms. The molecule has 66 valence electrons. The summed E-state index contributed by atoms with van der Waals surface area (Å²) in [6.07, 6.45) is 0. The summed E-state index contributed by atoms with van der Waals surface area (Å²) in [4.78, 5) is 0. The molecule has 0 radical (unpaired) electrons. The third kappa shape index (κ3) is 15.8. The van der Waals surface area contributed by atoms with Gasteiger partial charge in [0.1, 0.15) is 0 Å². The van der Waals surface area contributed by atoms with Gasteiger partial charge in [-0.25, -0.2) is 0 Å². The van der Waals surface area contributed by atoms with Crippen LogP contribution in [0.25, 0.3) is 0 Å². The Morgan fingerprint density at radius 1 is 0.800 bits per heavy atom. The molecule has 0 atom stereocenters. The topological polar surface area (TPSA) is 76.1 Å². The quantitative estimate of drug-likeness (QED) is 0.326. The van der Waals surface area contributed by atoms with Gasteiger partial charge in [0.25, 0.3) is 0 Å². The molecule has 0 aliphatic carbocycles. The van der Waals surface area contributed by atoms with Gasteiger partial charge in [-0.15, -0.1) is 24.8 Å². The molecule has 10 heavy (non-hydrogen) atoms. The third-order valence-corrected chi connectivity index (χ3v) is 0.664. The molecule has 6 N–H and O–H groups in total. The summed E-state index contributed by atoms with van der Waals surface area (Å²) >= 11 is 0. The Hall–Kier alpha value is 0.420. The van der Waals surface area contributed by atoms with Crippen molar-refractivity contribution in [3.8, 4) is 0 Å². The van der Waals surface area contributed by atoms with Crippen LogP contribution in [0.3, 0.4) is 0 Å². The lowest BCUT2D eigenvalue weighted by Gasteiger charge is -2.01. The number of hydrazine groups is 1. The first-order valence-corrected chi connectivity index (χ1v) is 2.77. The Balaban J connectivity index is -0.000000245. The fourth-order valence-electron chi connectivity index (χ4n) is 0.321. The van der Waals surface area contributed by atoms with Gasteiger partial charge in [0.15, 0.2) is 0 Å². The number of nitrogens with one attached hydrogen (secondary N) is 2. The Labute approximate surface area is 73.9 Å². The first-order valence-electron chi connectivity index (χ1n) is 2.77. The molecule has 0 aromatic rings. The highest BCUT2D eigenvalue weighted by molar-refractivity contribution is 5.85. The molecule has 0 aliphatic heterocycles. The third-order valence-electron chi connectivity index (χ3n) is 0.664. The Kier molecular flexibility index (Phi) is 27.2. The molecule has 0 aromatic heterocycles. The van der Waals surface area contributed by atoms with Gasteiger partial charge in [-0.3, -0.25) is 10.9 Å². The summed E-state index contributed by atoms with van der Waals surface area (Å²) in [5.41, 5.74) is 16.1. The van der Waals surface area contributed by atoms with Crippen molar-refractivity contribution in [2.45, 2.75) is 0 Å². The summed E-state index contributed by atoms with van der Waals surface area (Å²) in [5, 5.41) is 0.